The van der Waals surface area contributed by atoms with Gasteiger partial charge in [-0.1, -0.05) is 0 Å². The van der Waals surface area contributed by atoms with E-state index in [1.54, 1.807) is 6.92 Å². The first-order valence-corrected chi connectivity index (χ1v) is 4.46. The molecule has 0 saturated heterocycles. The van der Waals surface area contributed by atoms with Gasteiger partial charge in [-0.25, -0.2) is 0 Å². The number of amides is 1. The number of hydrogen-bond acceptors (Lipinski definition) is 3. The Bertz CT molecular complexity index is 242. The Kier molecular flexibility index (Phi) is 6.21. The number of hydrogen-bond donors (Lipinski definition) is 1. The van der Waals surface area contributed by atoms with Crippen LogP contribution in [0.4, 0.5) is 0 Å². The molecule has 0 unspecified atom stereocenters. The van der Waals surface area contributed by atoms with Crippen molar-refractivity contribution in [3.8, 4) is 12.3 Å². The smallest absolute Gasteiger partial charge is 0.307 e. The van der Waals surface area contributed by atoms with Crippen molar-refractivity contribution in [3.05, 3.63) is 0 Å². The van der Waals surface area contributed by atoms with Crippen molar-refractivity contribution in [3.63, 3.8) is 0 Å². The minimum atomic E-state index is -0.346. The Morgan fingerprint density at radius 2 is 2.21 bits per heavy atom. The van der Waals surface area contributed by atoms with Gasteiger partial charge in [0.05, 0.1) is 19.1 Å². The maximum absolute atomic E-state index is 11.1. The van der Waals surface area contributed by atoms with Crippen LogP contribution >= 0.6 is 0 Å². The Labute approximate surface area is 84.0 Å². The van der Waals surface area contributed by atoms with Gasteiger partial charge in [-0.05, 0) is 6.92 Å². The summed E-state index contributed by atoms with van der Waals surface area (Å²) in [5.41, 5.74) is 0. The number of ether oxygens (including phenoxy) is 1. The second-order valence-electron chi connectivity index (χ2n) is 2.81. The number of carbonyl (C=O) groups is 2. The minimum absolute atomic E-state index is 0.123. The topological polar surface area (TPSA) is 55.4 Å². The van der Waals surface area contributed by atoms with Gasteiger partial charge in [-0.15, -0.1) is 12.3 Å². The summed E-state index contributed by atoms with van der Waals surface area (Å²) in [6.45, 7) is 3.45. The number of terminal acetylenes is 1. The van der Waals surface area contributed by atoms with Crippen LogP contribution in [0.25, 0.3) is 0 Å². The summed E-state index contributed by atoms with van der Waals surface area (Å²) in [6, 6.07) is -0.323. The maximum Gasteiger partial charge on any atom is 0.307 e. The molecule has 0 aliphatic carbocycles. The van der Waals surface area contributed by atoms with Gasteiger partial charge in [0, 0.05) is 13.3 Å². The van der Waals surface area contributed by atoms with Gasteiger partial charge in [-0.3, -0.25) is 9.59 Å². The lowest BCUT2D eigenvalue weighted by Gasteiger charge is -2.13. The molecule has 1 amide bonds. The van der Waals surface area contributed by atoms with Crippen LogP contribution in [0, 0.1) is 12.3 Å². The van der Waals surface area contributed by atoms with Gasteiger partial charge >= 0.3 is 5.97 Å². The van der Waals surface area contributed by atoms with Crippen molar-refractivity contribution in [2.75, 3.05) is 6.61 Å². The van der Waals surface area contributed by atoms with Crippen LogP contribution in [0.3, 0.4) is 0 Å². The first kappa shape index (κ1) is 12.5. The highest BCUT2D eigenvalue weighted by Gasteiger charge is 2.14. The van der Waals surface area contributed by atoms with Crippen molar-refractivity contribution in [2.24, 2.45) is 0 Å². The monoisotopic (exact) mass is 197 g/mol. The number of esters is 1. The summed E-state index contributed by atoms with van der Waals surface area (Å²) >= 11 is 0. The largest absolute Gasteiger partial charge is 0.466 e. The average molecular weight is 197 g/mol. The van der Waals surface area contributed by atoms with Crippen LogP contribution in [-0.4, -0.2) is 24.5 Å². The fraction of sp³-hybridized carbons (Fsp3) is 0.600. The van der Waals surface area contributed by atoms with Crippen LogP contribution in [0.15, 0.2) is 0 Å². The molecule has 14 heavy (non-hydrogen) atoms. The molecule has 0 aromatic heterocycles. The Morgan fingerprint density at radius 3 is 2.64 bits per heavy atom. The van der Waals surface area contributed by atoms with Gasteiger partial charge in [0.15, 0.2) is 0 Å². The summed E-state index contributed by atoms with van der Waals surface area (Å²) in [5.74, 6) is 1.85. The van der Waals surface area contributed by atoms with Crippen LogP contribution in [0.2, 0.25) is 0 Å². The van der Waals surface area contributed by atoms with Gasteiger partial charge in [0.2, 0.25) is 5.91 Å². The molecule has 0 aromatic rings. The summed E-state index contributed by atoms with van der Waals surface area (Å²) in [6.07, 6.45) is 5.56. The summed E-state index contributed by atoms with van der Waals surface area (Å²) < 4.78 is 4.74. The zero-order chi connectivity index (χ0) is 11.0. The van der Waals surface area contributed by atoms with Crippen molar-refractivity contribution in [2.45, 2.75) is 32.7 Å². The first-order valence-electron chi connectivity index (χ1n) is 4.46. The molecule has 0 rings (SSSR count). The van der Waals surface area contributed by atoms with Crippen LogP contribution in [0.1, 0.15) is 26.7 Å². The molecule has 1 N–H and O–H groups in total. The van der Waals surface area contributed by atoms with E-state index >= 15 is 0 Å². The lowest BCUT2D eigenvalue weighted by atomic mass is 10.1. The molecule has 0 heterocycles. The van der Waals surface area contributed by atoms with Gasteiger partial charge in [-0.2, -0.15) is 0 Å². The standard InChI is InChI=1S/C10H15NO3/c1-4-6-9(11-8(3)12)7-10(13)14-5-2/h1,9H,5-7H2,2-3H3,(H,11,12)/t9-/m1/s1. The van der Waals surface area contributed by atoms with Crippen LogP contribution < -0.4 is 5.32 Å². The lowest BCUT2D eigenvalue weighted by molar-refractivity contribution is -0.143. The summed E-state index contributed by atoms with van der Waals surface area (Å²) in [4.78, 5) is 21.8. The van der Waals surface area contributed by atoms with E-state index in [1.807, 2.05) is 0 Å². The Hall–Kier alpha value is -1.50. The van der Waals surface area contributed by atoms with E-state index in [4.69, 9.17) is 11.2 Å². The van der Waals surface area contributed by atoms with E-state index in [0.29, 0.717) is 13.0 Å². The molecule has 0 saturated carbocycles. The minimum Gasteiger partial charge on any atom is -0.466 e. The third kappa shape index (κ3) is 6.06. The molecule has 0 spiro atoms. The zero-order valence-electron chi connectivity index (χ0n) is 8.50. The average Bonchev–Trinajstić information content (AvgIpc) is 2.03. The predicted molar refractivity (Wildman–Crippen MR) is 52.3 cm³/mol. The van der Waals surface area contributed by atoms with E-state index in [-0.39, 0.29) is 24.3 Å². The van der Waals surface area contributed by atoms with Gasteiger partial charge < -0.3 is 10.1 Å². The zero-order valence-corrected chi connectivity index (χ0v) is 8.50. The fourth-order valence-electron chi connectivity index (χ4n) is 1.03. The molecular formula is C10H15NO3. The number of carbonyl (C=O) groups excluding carboxylic acids is 2. The third-order valence-electron chi connectivity index (χ3n) is 1.49. The summed E-state index contributed by atoms with van der Waals surface area (Å²) in [5, 5.41) is 2.59. The van der Waals surface area contributed by atoms with Crippen molar-refractivity contribution < 1.29 is 14.3 Å². The van der Waals surface area contributed by atoms with Crippen molar-refractivity contribution in [1.82, 2.24) is 5.32 Å². The van der Waals surface area contributed by atoms with Crippen LogP contribution in [-0.2, 0) is 14.3 Å². The number of nitrogens with one attached hydrogen (secondary N) is 1. The fourth-order valence-corrected chi connectivity index (χ4v) is 1.03. The first-order chi connectivity index (χ1) is 6.60. The van der Waals surface area contributed by atoms with Crippen molar-refractivity contribution >= 4 is 11.9 Å². The molecule has 0 bridgehead atoms. The van der Waals surface area contributed by atoms with Gasteiger partial charge in [0.1, 0.15) is 0 Å². The predicted octanol–water partition coefficient (Wildman–Crippen LogP) is 0.468. The molecule has 4 nitrogen and oxygen atoms in total. The molecule has 0 aliphatic rings. The summed E-state index contributed by atoms with van der Waals surface area (Å²) in [7, 11) is 0. The normalized spacial score (nSPS) is 11.2. The molecule has 0 aliphatic heterocycles. The molecule has 0 aromatic carbocycles. The van der Waals surface area contributed by atoms with Gasteiger partial charge in [0.25, 0.3) is 0 Å². The molecule has 0 radical (unpaired) electrons. The SMILES string of the molecule is C#CC[C@H](CC(=O)OCC)NC(C)=O. The van der Waals surface area contributed by atoms with E-state index in [9.17, 15) is 9.59 Å². The molecule has 4 heteroatoms. The Morgan fingerprint density at radius 1 is 1.57 bits per heavy atom. The third-order valence-corrected chi connectivity index (χ3v) is 1.49. The molecule has 1 atom stereocenters. The second-order valence-corrected chi connectivity index (χ2v) is 2.81. The molecular weight excluding hydrogens is 182 g/mol. The maximum atomic E-state index is 11.1. The highest BCUT2D eigenvalue weighted by Crippen LogP contribution is 1.99. The highest BCUT2D eigenvalue weighted by molar-refractivity contribution is 5.75. The van der Waals surface area contributed by atoms with E-state index in [2.05, 4.69) is 11.2 Å². The van der Waals surface area contributed by atoms with E-state index in [1.165, 1.54) is 6.92 Å². The van der Waals surface area contributed by atoms with Crippen molar-refractivity contribution in [1.29, 1.82) is 0 Å². The molecule has 78 valence electrons. The lowest BCUT2D eigenvalue weighted by Crippen LogP contribution is -2.35. The quantitative estimate of drug-likeness (QED) is 0.515. The number of rotatable bonds is 5. The molecule has 0 fully saturated rings. The highest BCUT2D eigenvalue weighted by atomic mass is 16.5. The second kappa shape index (κ2) is 6.96. The van der Waals surface area contributed by atoms with Crippen LogP contribution in [0.5, 0.6) is 0 Å². The Balaban J connectivity index is 4.02. The van der Waals surface area contributed by atoms with E-state index in [0.717, 1.165) is 0 Å². The van der Waals surface area contributed by atoms with E-state index < -0.39 is 0 Å².